The summed E-state index contributed by atoms with van der Waals surface area (Å²) in [5.74, 6) is 0. The Morgan fingerprint density at radius 2 is 1.08 bits per heavy atom. The standard InChI is InChI=1S/C59H48N2/c1-7-11-19-39(10-4)42-26-30-53-49(35-42)50-38-46(29-31-54(50)59(53,5)6)61-57-32-27-43(40(17-8-2)18-9-3)36-51(57)52-37-44(28-33-58(52)61)41-20-16-21-45(34-41)60-55-24-14-12-22-47(55)48-23-13-15-25-56(48)60/h7-38H,2,4H2,1,3,5-6H3/b11-7-,18-9-,39-19+,40-17+. The smallest absolute Gasteiger partial charge is 0.0541 e. The van der Waals surface area contributed by atoms with Gasteiger partial charge in [-0.25, -0.2) is 0 Å². The van der Waals surface area contributed by atoms with Crippen LogP contribution in [-0.4, -0.2) is 9.13 Å². The van der Waals surface area contributed by atoms with Crippen molar-refractivity contribution < 1.29 is 0 Å². The zero-order valence-electron chi connectivity index (χ0n) is 35.3. The second kappa shape index (κ2) is 15.0. The summed E-state index contributed by atoms with van der Waals surface area (Å²) >= 11 is 0. The van der Waals surface area contributed by atoms with Gasteiger partial charge < -0.3 is 9.13 Å². The van der Waals surface area contributed by atoms with E-state index in [4.69, 9.17) is 0 Å². The molecule has 1 aliphatic rings. The molecule has 294 valence electrons. The summed E-state index contributed by atoms with van der Waals surface area (Å²) in [6.07, 6.45) is 16.4. The molecule has 0 spiro atoms. The highest BCUT2D eigenvalue weighted by molar-refractivity contribution is 6.12. The van der Waals surface area contributed by atoms with Crippen molar-refractivity contribution in [1.82, 2.24) is 9.13 Å². The quantitative estimate of drug-likeness (QED) is 0.129. The van der Waals surface area contributed by atoms with E-state index >= 15 is 0 Å². The second-order valence-corrected chi connectivity index (χ2v) is 16.5. The van der Waals surface area contributed by atoms with E-state index in [1.807, 2.05) is 19.1 Å². The molecule has 0 saturated carbocycles. The van der Waals surface area contributed by atoms with Crippen molar-refractivity contribution in [2.75, 3.05) is 0 Å². The van der Waals surface area contributed by atoms with E-state index in [0.29, 0.717) is 0 Å². The first-order valence-electron chi connectivity index (χ1n) is 21.2. The SMILES string of the molecule is C=C/C=C(\C=C/C)c1ccc2c(c1)c1cc(-c3cccc(-n4c5ccccc5c5ccccc54)c3)ccc1n2-c1ccc2c(c1)-c1cc(/C(C=C)=C/C=C\C)ccc1C2(C)C. The molecule has 0 unspecified atom stereocenters. The van der Waals surface area contributed by atoms with Gasteiger partial charge in [-0.2, -0.15) is 0 Å². The number of fused-ring (bicyclic) bond motifs is 9. The Morgan fingerprint density at radius 1 is 0.492 bits per heavy atom. The highest BCUT2D eigenvalue weighted by atomic mass is 15.0. The van der Waals surface area contributed by atoms with Crippen molar-refractivity contribution in [3.8, 4) is 33.6 Å². The van der Waals surface area contributed by atoms with E-state index in [1.54, 1.807) is 0 Å². The van der Waals surface area contributed by atoms with Crippen LogP contribution in [0.2, 0.25) is 0 Å². The molecule has 0 saturated heterocycles. The Hall–Kier alpha value is -7.42. The van der Waals surface area contributed by atoms with E-state index < -0.39 is 0 Å². The molecule has 0 amide bonds. The van der Waals surface area contributed by atoms with Crippen molar-refractivity contribution in [2.24, 2.45) is 0 Å². The largest absolute Gasteiger partial charge is 0.309 e. The average molecular weight is 785 g/mol. The van der Waals surface area contributed by atoms with Crippen molar-refractivity contribution in [1.29, 1.82) is 0 Å². The van der Waals surface area contributed by atoms with Gasteiger partial charge in [0.05, 0.1) is 22.1 Å². The first-order valence-corrected chi connectivity index (χ1v) is 21.2. The molecule has 61 heavy (non-hydrogen) atoms. The summed E-state index contributed by atoms with van der Waals surface area (Å²) in [4.78, 5) is 0. The fraction of sp³-hybridized carbons (Fsp3) is 0.0847. The van der Waals surface area contributed by atoms with Crippen LogP contribution in [0.3, 0.4) is 0 Å². The lowest BCUT2D eigenvalue weighted by Crippen LogP contribution is -2.15. The summed E-state index contributed by atoms with van der Waals surface area (Å²) in [5.41, 5.74) is 19.1. The number of hydrogen-bond donors (Lipinski definition) is 0. The predicted molar refractivity (Wildman–Crippen MR) is 264 cm³/mol. The van der Waals surface area contributed by atoms with Gasteiger partial charge in [-0.15, -0.1) is 0 Å². The molecule has 2 heteroatoms. The first kappa shape index (κ1) is 37.8. The molecule has 0 N–H and O–H groups in total. The molecule has 1 aliphatic carbocycles. The van der Waals surface area contributed by atoms with Gasteiger partial charge >= 0.3 is 0 Å². The maximum absolute atomic E-state index is 4.14. The average Bonchev–Trinajstić information content (AvgIpc) is 3.88. The summed E-state index contributed by atoms with van der Waals surface area (Å²) in [6.45, 7) is 17.0. The number of rotatable bonds is 9. The van der Waals surface area contributed by atoms with Gasteiger partial charge in [0.25, 0.3) is 0 Å². The van der Waals surface area contributed by atoms with E-state index in [0.717, 1.165) is 28.1 Å². The van der Waals surface area contributed by atoms with Crippen molar-refractivity contribution in [2.45, 2.75) is 33.1 Å². The van der Waals surface area contributed by atoms with Crippen molar-refractivity contribution in [3.05, 3.63) is 230 Å². The molecule has 2 heterocycles. The summed E-state index contributed by atoms with van der Waals surface area (Å²) in [6, 6.07) is 54.3. The van der Waals surface area contributed by atoms with Gasteiger partial charge in [0.1, 0.15) is 0 Å². The van der Waals surface area contributed by atoms with E-state index in [1.165, 1.54) is 82.6 Å². The van der Waals surface area contributed by atoms with Crippen LogP contribution in [0.5, 0.6) is 0 Å². The summed E-state index contributed by atoms with van der Waals surface area (Å²) < 4.78 is 4.85. The van der Waals surface area contributed by atoms with E-state index in [-0.39, 0.29) is 5.41 Å². The molecule has 2 aromatic heterocycles. The zero-order valence-corrected chi connectivity index (χ0v) is 35.3. The number of nitrogens with zero attached hydrogens (tertiary/aromatic N) is 2. The Morgan fingerprint density at radius 3 is 1.77 bits per heavy atom. The van der Waals surface area contributed by atoms with Crippen LogP contribution in [0.15, 0.2) is 207 Å². The van der Waals surface area contributed by atoms with Crippen LogP contribution in [0, 0.1) is 0 Å². The van der Waals surface area contributed by atoms with Crippen molar-refractivity contribution >= 4 is 54.8 Å². The predicted octanol–water partition coefficient (Wildman–Crippen LogP) is 16.1. The molecule has 0 radical (unpaired) electrons. The third-order valence-electron chi connectivity index (χ3n) is 12.7. The number of aromatic nitrogens is 2. The van der Waals surface area contributed by atoms with Gasteiger partial charge in [-0.3, -0.25) is 0 Å². The topological polar surface area (TPSA) is 9.86 Å². The van der Waals surface area contributed by atoms with Crippen LogP contribution in [0.4, 0.5) is 0 Å². The van der Waals surface area contributed by atoms with Crippen LogP contribution < -0.4 is 0 Å². The van der Waals surface area contributed by atoms with Crippen LogP contribution in [0.1, 0.15) is 49.9 Å². The normalized spacial score (nSPS) is 13.9. The molecule has 7 aromatic carbocycles. The van der Waals surface area contributed by atoms with Crippen LogP contribution in [-0.2, 0) is 5.41 Å². The third kappa shape index (κ3) is 6.09. The second-order valence-electron chi connectivity index (χ2n) is 16.5. The molecular formula is C59H48N2. The Labute approximate surface area is 358 Å². The highest BCUT2D eigenvalue weighted by Gasteiger charge is 2.36. The minimum absolute atomic E-state index is 0.123. The Balaban J connectivity index is 1.17. The maximum atomic E-state index is 4.14. The molecule has 0 atom stereocenters. The lowest BCUT2D eigenvalue weighted by atomic mass is 9.82. The van der Waals surface area contributed by atoms with Crippen molar-refractivity contribution in [3.63, 3.8) is 0 Å². The van der Waals surface area contributed by atoms with Gasteiger partial charge in [0.2, 0.25) is 0 Å². The maximum Gasteiger partial charge on any atom is 0.0541 e. The molecule has 10 rings (SSSR count). The molecule has 2 nitrogen and oxygen atoms in total. The molecule has 0 aliphatic heterocycles. The Bertz CT molecular complexity index is 3330. The lowest BCUT2D eigenvalue weighted by molar-refractivity contribution is 0.660. The number of benzene rings is 7. The highest BCUT2D eigenvalue weighted by Crippen LogP contribution is 2.50. The summed E-state index contributed by atoms with van der Waals surface area (Å²) in [5, 5.41) is 4.94. The van der Waals surface area contributed by atoms with E-state index in [9.17, 15) is 0 Å². The molecule has 0 bridgehead atoms. The number of hydrogen-bond acceptors (Lipinski definition) is 0. The summed E-state index contributed by atoms with van der Waals surface area (Å²) in [7, 11) is 0. The van der Waals surface area contributed by atoms with Gasteiger partial charge in [-0.05, 0) is 136 Å². The fourth-order valence-corrected chi connectivity index (χ4v) is 9.80. The van der Waals surface area contributed by atoms with Crippen LogP contribution >= 0.6 is 0 Å². The Kier molecular flexibility index (Phi) is 9.30. The number of para-hydroxylation sites is 2. The monoisotopic (exact) mass is 784 g/mol. The third-order valence-corrected chi connectivity index (χ3v) is 12.7. The molecular weight excluding hydrogens is 737 g/mol. The molecule has 0 fully saturated rings. The minimum atomic E-state index is -0.123. The fourth-order valence-electron chi connectivity index (χ4n) is 9.80. The molecule has 9 aromatic rings. The van der Waals surface area contributed by atoms with Gasteiger partial charge in [0, 0.05) is 38.3 Å². The lowest BCUT2D eigenvalue weighted by Gasteiger charge is -2.22. The van der Waals surface area contributed by atoms with Crippen LogP contribution in [0.25, 0.3) is 88.4 Å². The van der Waals surface area contributed by atoms with Gasteiger partial charge in [-0.1, -0.05) is 154 Å². The first-order chi connectivity index (χ1) is 29.8. The van der Waals surface area contributed by atoms with E-state index in [2.05, 4.69) is 225 Å². The zero-order chi connectivity index (χ0) is 41.8. The minimum Gasteiger partial charge on any atom is -0.309 e. The number of allylic oxidation sites excluding steroid dienone is 10. The van der Waals surface area contributed by atoms with Gasteiger partial charge in [0.15, 0.2) is 0 Å².